The van der Waals surface area contributed by atoms with Gasteiger partial charge in [0.15, 0.2) is 0 Å². The van der Waals surface area contributed by atoms with Gasteiger partial charge in [-0.15, -0.1) is 29.4 Å². The Morgan fingerprint density at radius 1 is 1.29 bits per heavy atom. The summed E-state index contributed by atoms with van der Waals surface area (Å²) in [6.07, 6.45) is 1.32. The second-order valence-corrected chi connectivity index (χ2v) is 6.40. The van der Waals surface area contributed by atoms with Crippen LogP contribution in [0.25, 0.3) is 0 Å². The molecule has 17 heavy (non-hydrogen) atoms. The molecule has 1 aromatic rings. The quantitative estimate of drug-likeness (QED) is 0.765. The molecule has 1 fully saturated rings. The zero-order chi connectivity index (χ0) is 11.9. The van der Waals surface area contributed by atoms with Crippen LogP contribution in [0.4, 0.5) is 0 Å². The van der Waals surface area contributed by atoms with Gasteiger partial charge in [0.25, 0.3) is 0 Å². The number of rotatable bonds is 3. The molecule has 0 aliphatic carbocycles. The average Bonchev–Trinajstić information content (AvgIpc) is 2.41. The molecule has 0 aromatic heterocycles. The predicted octanol–water partition coefficient (Wildman–Crippen LogP) is 3.96. The van der Waals surface area contributed by atoms with Crippen LogP contribution in [-0.4, -0.2) is 18.1 Å². The lowest BCUT2D eigenvalue weighted by Gasteiger charge is -2.23. The molecule has 0 radical (unpaired) electrons. The Kier molecular flexibility index (Phi) is 5.15. The van der Waals surface area contributed by atoms with Gasteiger partial charge in [-0.05, 0) is 30.9 Å². The number of hydrogen-bond acceptors (Lipinski definition) is 3. The number of benzene rings is 1. The van der Waals surface area contributed by atoms with Crippen LogP contribution in [0.15, 0.2) is 24.3 Å². The van der Waals surface area contributed by atoms with Gasteiger partial charge in [-0.25, -0.2) is 0 Å². The van der Waals surface area contributed by atoms with Crippen molar-refractivity contribution in [2.75, 3.05) is 18.1 Å². The zero-order valence-electron chi connectivity index (χ0n) is 9.94. The van der Waals surface area contributed by atoms with E-state index in [9.17, 15) is 0 Å². The fourth-order valence-corrected chi connectivity index (χ4v) is 4.60. The number of ether oxygens (including phenoxy) is 1. The minimum atomic E-state index is 0.482. The molecule has 1 aromatic carbocycles. The van der Waals surface area contributed by atoms with Gasteiger partial charge in [0.1, 0.15) is 12.4 Å². The largest absolute Gasteiger partial charge is 0.481 e. The van der Waals surface area contributed by atoms with E-state index in [0.717, 1.165) is 5.75 Å². The molecule has 1 heterocycles. The van der Waals surface area contributed by atoms with Crippen molar-refractivity contribution in [1.29, 1.82) is 0 Å². The molecule has 0 atom stereocenters. The molecule has 1 saturated heterocycles. The molecule has 0 amide bonds. The third kappa shape index (κ3) is 3.62. The standard InChI is InChI=1S/C14H16OS2/c1-2-3-9-15-13-8-5-4-7-12(13)14-16-10-6-11-17-14/h4-5,7-8,14H,6,9-11H2,1H3. The molecule has 0 N–H and O–H groups in total. The third-order valence-electron chi connectivity index (χ3n) is 2.48. The third-order valence-corrected chi connectivity index (χ3v) is 5.46. The summed E-state index contributed by atoms with van der Waals surface area (Å²) in [5.74, 6) is 9.28. The average molecular weight is 264 g/mol. The number of hydrogen-bond donors (Lipinski definition) is 0. The number of para-hydroxylation sites is 1. The van der Waals surface area contributed by atoms with Gasteiger partial charge in [0, 0.05) is 5.56 Å². The Morgan fingerprint density at radius 2 is 2.06 bits per heavy atom. The maximum absolute atomic E-state index is 5.73. The highest BCUT2D eigenvalue weighted by atomic mass is 32.2. The Balaban J connectivity index is 2.10. The van der Waals surface area contributed by atoms with Crippen molar-refractivity contribution in [1.82, 2.24) is 0 Å². The van der Waals surface area contributed by atoms with Crippen LogP contribution < -0.4 is 4.74 Å². The normalized spacial score (nSPS) is 16.1. The minimum Gasteiger partial charge on any atom is -0.481 e. The van der Waals surface area contributed by atoms with Crippen LogP contribution in [0.3, 0.4) is 0 Å². The lowest BCUT2D eigenvalue weighted by atomic mass is 10.2. The minimum absolute atomic E-state index is 0.482. The van der Waals surface area contributed by atoms with Crippen molar-refractivity contribution in [2.24, 2.45) is 0 Å². The summed E-state index contributed by atoms with van der Waals surface area (Å²) in [6.45, 7) is 2.32. The van der Waals surface area contributed by atoms with Crippen molar-refractivity contribution in [3.8, 4) is 17.6 Å². The second kappa shape index (κ2) is 6.88. The summed E-state index contributed by atoms with van der Waals surface area (Å²) >= 11 is 4.03. The Labute approximate surface area is 112 Å². The molecule has 0 bridgehead atoms. The molecular weight excluding hydrogens is 248 g/mol. The lowest BCUT2D eigenvalue weighted by Crippen LogP contribution is -2.03. The van der Waals surface area contributed by atoms with Crippen molar-refractivity contribution in [3.05, 3.63) is 29.8 Å². The van der Waals surface area contributed by atoms with Crippen molar-refractivity contribution >= 4 is 23.5 Å². The van der Waals surface area contributed by atoms with Gasteiger partial charge in [0.2, 0.25) is 0 Å². The molecule has 1 aliphatic heterocycles. The maximum atomic E-state index is 5.73. The maximum Gasteiger partial charge on any atom is 0.149 e. The summed E-state index contributed by atoms with van der Waals surface area (Å²) < 4.78 is 6.25. The fraction of sp³-hybridized carbons (Fsp3) is 0.429. The smallest absolute Gasteiger partial charge is 0.149 e. The summed E-state index contributed by atoms with van der Waals surface area (Å²) in [7, 11) is 0. The Morgan fingerprint density at radius 3 is 2.82 bits per heavy atom. The predicted molar refractivity (Wildman–Crippen MR) is 77.7 cm³/mol. The number of thioether (sulfide) groups is 2. The Bertz CT molecular complexity index is 414. The lowest BCUT2D eigenvalue weighted by molar-refractivity contribution is 0.367. The van der Waals surface area contributed by atoms with Crippen LogP contribution in [0.2, 0.25) is 0 Å². The molecule has 0 spiro atoms. The first-order valence-electron chi connectivity index (χ1n) is 5.76. The van der Waals surface area contributed by atoms with Gasteiger partial charge >= 0.3 is 0 Å². The van der Waals surface area contributed by atoms with E-state index in [0.29, 0.717) is 11.2 Å². The van der Waals surface area contributed by atoms with Crippen molar-refractivity contribution in [2.45, 2.75) is 17.9 Å². The van der Waals surface area contributed by atoms with Gasteiger partial charge in [0.05, 0.1) is 4.58 Å². The second-order valence-electron chi connectivity index (χ2n) is 3.68. The highest BCUT2D eigenvalue weighted by molar-refractivity contribution is 8.16. The van der Waals surface area contributed by atoms with Gasteiger partial charge in [-0.3, -0.25) is 0 Å². The van der Waals surface area contributed by atoms with Gasteiger partial charge in [-0.1, -0.05) is 24.1 Å². The summed E-state index contributed by atoms with van der Waals surface area (Å²) in [4.78, 5) is 0. The summed E-state index contributed by atoms with van der Waals surface area (Å²) in [5, 5.41) is 0. The van der Waals surface area contributed by atoms with E-state index < -0.39 is 0 Å². The van der Waals surface area contributed by atoms with Crippen LogP contribution in [0, 0.1) is 11.8 Å². The van der Waals surface area contributed by atoms with E-state index in [4.69, 9.17) is 4.74 Å². The molecule has 90 valence electrons. The van der Waals surface area contributed by atoms with Crippen molar-refractivity contribution < 1.29 is 4.74 Å². The van der Waals surface area contributed by atoms with Crippen LogP contribution in [0.5, 0.6) is 5.75 Å². The van der Waals surface area contributed by atoms with Crippen molar-refractivity contribution in [3.63, 3.8) is 0 Å². The highest BCUT2D eigenvalue weighted by Gasteiger charge is 2.19. The first-order valence-corrected chi connectivity index (χ1v) is 7.86. The van der Waals surface area contributed by atoms with Crippen LogP contribution in [-0.2, 0) is 0 Å². The summed E-state index contributed by atoms with van der Waals surface area (Å²) in [6, 6.07) is 8.33. The van der Waals surface area contributed by atoms with Crippen LogP contribution >= 0.6 is 23.5 Å². The molecular formula is C14H16OS2. The van der Waals surface area contributed by atoms with Gasteiger partial charge in [-0.2, -0.15) is 0 Å². The monoisotopic (exact) mass is 264 g/mol. The molecule has 3 heteroatoms. The van der Waals surface area contributed by atoms with E-state index in [1.807, 2.05) is 42.6 Å². The topological polar surface area (TPSA) is 9.23 Å². The Hall–Kier alpha value is -0.720. The highest BCUT2D eigenvalue weighted by Crippen LogP contribution is 2.46. The van der Waals surface area contributed by atoms with E-state index >= 15 is 0 Å². The van der Waals surface area contributed by atoms with E-state index in [1.54, 1.807) is 0 Å². The molecule has 0 saturated carbocycles. The van der Waals surface area contributed by atoms with E-state index in [2.05, 4.69) is 24.0 Å². The molecule has 1 nitrogen and oxygen atoms in total. The SMILES string of the molecule is CC#CCOc1ccccc1C1SCCCS1. The van der Waals surface area contributed by atoms with E-state index in [1.165, 1.54) is 23.5 Å². The molecule has 2 rings (SSSR count). The molecule has 0 unspecified atom stereocenters. The first-order chi connectivity index (χ1) is 8.42. The molecule has 1 aliphatic rings. The first kappa shape index (κ1) is 12.7. The van der Waals surface area contributed by atoms with Crippen LogP contribution in [0.1, 0.15) is 23.5 Å². The van der Waals surface area contributed by atoms with Gasteiger partial charge < -0.3 is 4.74 Å². The summed E-state index contributed by atoms with van der Waals surface area (Å²) in [5.41, 5.74) is 1.31. The fourth-order valence-electron chi connectivity index (χ4n) is 1.66. The van der Waals surface area contributed by atoms with E-state index in [-0.39, 0.29) is 0 Å². The zero-order valence-corrected chi connectivity index (χ0v) is 11.6.